The summed E-state index contributed by atoms with van der Waals surface area (Å²) in [7, 11) is 0. The first kappa shape index (κ1) is 14.9. The van der Waals surface area contributed by atoms with Crippen molar-refractivity contribution in [3.05, 3.63) is 0 Å². The lowest BCUT2D eigenvalue weighted by atomic mass is 10.1. The van der Waals surface area contributed by atoms with E-state index < -0.39 is 0 Å². The van der Waals surface area contributed by atoms with Gasteiger partial charge in [-0.15, -0.1) is 0 Å². The van der Waals surface area contributed by atoms with Crippen LogP contribution >= 0.6 is 0 Å². The third kappa shape index (κ3) is 6.39. The number of likely N-dealkylation sites (tertiary alicyclic amines) is 1. The average Bonchev–Trinajstić information content (AvgIpc) is 2.36. The van der Waals surface area contributed by atoms with Gasteiger partial charge in [0.15, 0.2) is 0 Å². The molecule has 2 atom stereocenters. The molecule has 1 rings (SSSR count). The van der Waals surface area contributed by atoms with Gasteiger partial charge in [0.2, 0.25) is 0 Å². The summed E-state index contributed by atoms with van der Waals surface area (Å²) >= 11 is 0. The number of nitrogens with one attached hydrogen (secondary N) is 1. The maximum Gasteiger partial charge on any atom is 0.0702 e. The smallest absolute Gasteiger partial charge is 0.0702 e. The van der Waals surface area contributed by atoms with Crippen LogP contribution in [0.15, 0.2) is 0 Å². The van der Waals surface area contributed by atoms with Crippen LogP contribution < -0.4 is 5.32 Å². The molecule has 0 radical (unpaired) electrons. The van der Waals surface area contributed by atoms with Gasteiger partial charge in [0.25, 0.3) is 0 Å². The van der Waals surface area contributed by atoms with E-state index in [0.29, 0.717) is 12.1 Å². The molecule has 0 aromatic rings. The highest BCUT2D eigenvalue weighted by Gasteiger charge is 2.19. The minimum Gasteiger partial charge on any atom is -0.377 e. The normalized spacial score (nSPS) is 23.8. The van der Waals surface area contributed by atoms with Crippen LogP contribution in [-0.4, -0.2) is 49.8 Å². The molecule has 0 aromatic heterocycles. The highest BCUT2D eigenvalue weighted by Crippen LogP contribution is 2.12. The molecule has 1 fully saturated rings. The zero-order chi connectivity index (χ0) is 12.5. The Morgan fingerprint density at radius 1 is 1.41 bits per heavy atom. The topological polar surface area (TPSA) is 24.5 Å². The first-order chi connectivity index (χ1) is 8.26. The monoisotopic (exact) mass is 242 g/mol. The van der Waals surface area contributed by atoms with E-state index in [4.69, 9.17) is 4.74 Å². The van der Waals surface area contributed by atoms with Gasteiger partial charge >= 0.3 is 0 Å². The molecular weight excluding hydrogens is 212 g/mol. The van der Waals surface area contributed by atoms with Crippen molar-refractivity contribution in [3.8, 4) is 0 Å². The largest absolute Gasteiger partial charge is 0.377 e. The molecule has 0 amide bonds. The lowest BCUT2D eigenvalue weighted by Crippen LogP contribution is -2.43. The summed E-state index contributed by atoms with van der Waals surface area (Å²) in [4.78, 5) is 2.54. The number of rotatable bonds is 8. The summed E-state index contributed by atoms with van der Waals surface area (Å²) in [5, 5.41) is 3.56. The van der Waals surface area contributed by atoms with Gasteiger partial charge in [-0.2, -0.15) is 0 Å². The molecule has 1 N–H and O–H groups in total. The molecule has 102 valence electrons. The number of ether oxygens (including phenoxy) is 1. The van der Waals surface area contributed by atoms with E-state index in [2.05, 4.69) is 31.0 Å². The van der Waals surface area contributed by atoms with Crippen LogP contribution in [0.1, 0.15) is 46.5 Å². The number of hydrogen-bond acceptors (Lipinski definition) is 3. The van der Waals surface area contributed by atoms with E-state index in [9.17, 15) is 0 Å². The van der Waals surface area contributed by atoms with Crippen LogP contribution in [0.25, 0.3) is 0 Å². The van der Waals surface area contributed by atoms with Crippen LogP contribution in [0.5, 0.6) is 0 Å². The SMILES string of the molecule is CCCOC1CCCN(CCNC(C)CC)C1. The van der Waals surface area contributed by atoms with Gasteiger partial charge in [-0.25, -0.2) is 0 Å². The number of piperidine rings is 1. The molecule has 17 heavy (non-hydrogen) atoms. The van der Waals surface area contributed by atoms with Gasteiger partial charge in [-0.3, -0.25) is 4.90 Å². The fourth-order valence-corrected chi connectivity index (χ4v) is 2.25. The van der Waals surface area contributed by atoms with Crippen LogP contribution in [-0.2, 0) is 4.74 Å². The Hall–Kier alpha value is -0.120. The molecule has 0 bridgehead atoms. The zero-order valence-electron chi connectivity index (χ0n) is 11.9. The summed E-state index contributed by atoms with van der Waals surface area (Å²) < 4.78 is 5.85. The van der Waals surface area contributed by atoms with Crippen molar-refractivity contribution >= 4 is 0 Å². The van der Waals surface area contributed by atoms with Crippen molar-refractivity contribution in [2.24, 2.45) is 0 Å². The molecule has 0 spiro atoms. The standard InChI is InChI=1S/C14H30N2O/c1-4-11-17-14-7-6-9-16(12-14)10-8-15-13(3)5-2/h13-15H,4-12H2,1-3H3. The first-order valence-corrected chi connectivity index (χ1v) is 7.33. The molecule has 0 aliphatic carbocycles. The van der Waals surface area contributed by atoms with Crippen LogP contribution in [0.2, 0.25) is 0 Å². The van der Waals surface area contributed by atoms with Crippen LogP contribution in [0, 0.1) is 0 Å². The highest BCUT2D eigenvalue weighted by molar-refractivity contribution is 4.74. The quantitative estimate of drug-likeness (QED) is 0.706. The van der Waals surface area contributed by atoms with Gasteiger partial charge < -0.3 is 10.1 Å². The minimum absolute atomic E-state index is 0.479. The van der Waals surface area contributed by atoms with E-state index in [1.54, 1.807) is 0 Å². The van der Waals surface area contributed by atoms with Gasteiger partial charge in [0, 0.05) is 32.3 Å². The Balaban J connectivity index is 2.11. The Labute approximate surface area is 107 Å². The van der Waals surface area contributed by atoms with Crippen molar-refractivity contribution in [1.82, 2.24) is 10.2 Å². The summed E-state index contributed by atoms with van der Waals surface area (Å²) in [6, 6.07) is 0.645. The zero-order valence-corrected chi connectivity index (χ0v) is 11.9. The maximum atomic E-state index is 5.85. The molecular formula is C14H30N2O. The minimum atomic E-state index is 0.479. The van der Waals surface area contributed by atoms with Crippen LogP contribution in [0.3, 0.4) is 0 Å². The van der Waals surface area contributed by atoms with Gasteiger partial charge in [0.05, 0.1) is 6.10 Å². The van der Waals surface area contributed by atoms with E-state index in [1.807, 2.05) is 0 Å². The summed E-state index contributed by atoms with van der Waals surface area (Å²) in [5.41, 5.74) is 0. The highest BCUT2D eigenvalue weighted by atomic mass is 16.5. The summed E-state index contributed by atoms with van der Waals surface area (Å²) in [6.07, 6.45) is 5.36. The Morgan fingerprint density at radius 2 is 2.24 bits per heavy atom. The second kappa shape index (κ2) is 8.90. The Bertz CT molecular complexity index is 187. The van der Waals surface area contributed by atoms with Crippen molar-refractivity contribution in [2.45, 2.75) is 58.6 Å². The van der Waals surface area contributed by atoms with Crippen molar-refractivity contribution < 1.29 is 4.74 Å². The molecule has 0 saturated carbocycles. The molecule has 2 unspecified atom stereocenters. The molecule has 0 aromatic carbocycles. The van der Waals surface area contributed by atoms with Gasteiger partial charge in [-0.1, -0.05) is 13.8 Å². The van der Waals surface area contributed by atoms with Crippen molar-refractivity contribution in [2.75, 3.05) is 32.8 Å². The lowest BCUT2D eigenvalue weighted by molar-refractivity contribution is 0.000250. The molecule has 1 aliphatic heterocycles. The van der Waals surface area contributed by atoms with Gasteiger partial charge in [-0.05, 0) is 39.2 Å². The van der Waals surface area contributed by atoms with E-state index in [1.165, 1.54) is 25.8 Å². The molecule has 1 aliphatic rings. The van der Waals surface area contributed by atoms with E-state index in [0.717, 1.165) is 32.7 Å². The molecule has 3 nitrogen and oxygen atoms in total. The van der Waals surface area contributed by atoms with Crippen molar-refractivity contribution in [1.29, 1.82) is 0 Å². The molecule has 1 saturated heterocycles. The maximum absolute atomic E-state index is 5.85. The average molecular weight is 242 g/mol. The first-order valence-electron chi connectivity index (χ1n) is 7.33. The van der Waals surface area contributed by atoms with E-state index >= 15 is 0 Å². The second-order valence-corrected chi connectivity index (χ2v) is 5.20. The summed E-state index contributed by atoms with van der Waals surface area (Å²) in [6.45, 7) is 12.2. The molecule has 3 heteroatoms. The van der Waals surface area contributed by atoms with Crippen molar-refractivity contribution in [3.63, 3.8) is 0 Å². The predicted octanol–water partition coefficient (Wildman–Crippen LogP) is 2.27. The third-order valence-electron chi connectivity index (χ3n) is 3.55. The second-order valence-electron chi connectivity index (χ2n) is 5.20. The Morgan fingerprint density at radius 3 is 2.94 bits per heavy atom. The van der Waals surface area contributed by atoms with Crippen LogP contribution in [0.4, 0.5) is 0 Å². The third-order valence-corrected chi connectivity index (χ3v) is 3.55. The Kier molecular flexibility index (Phi) is 7.82. The summed E-state index contributed by atoms with van der Waals surface area (Å²) in [5.74, 6) is 0. The van der Waals surface area contributed by atoms with E-state index in [-0.39, 0.29) is 0 Å². The van der Waals surface area contributed by atoms with Gasteiger partial charge in [0.1, 0.15) is 0 Å². The number of nitrogens with zero attached hydrogens (tertiary/aromatic N) is 1. The fraction of sp³-hybridized carbons (Fsp3) is 1.00. The fourth-order valence-electron chi connectivity index (χ4n) is 2.25. The number of hydrogen-bond donors (Lipinski definition) is 1. The lowest BCUT2D eigenvalue weighted by Gasteiger charge is -2.32. The predicted molar refractivity (Wildman–Crippen MR) is 73.5 cm³/mol. The molecule has 1 heterocycles.